The van der Waals surface area contributed by atoms with Crippen LogP contribution in [0.25, 0.3) is 6.08 Å². The van der Waals surface area contributed by atoms with E-state index in [1.807, 2.05) is 0 Å². The van der Waals surface area contributed by atoms with E-state index in [9.17, 15) is 9.18 Å². The maximum absolute atomic E-state index is 13.0. The Kier molecular flexibility index (Phi) is 7.18. The van der Waals surface area contributed by atoms with Crippen LogP contribution in [0.4, 0.5) is 4.39 Å². The van der Waals surface area contributed by atoms with Gasteiger partial charge < -0.3 is 10.2 Å². The van der Waals surface area contributed by atoms with Crippen molar-refractivity contribution < 1.29 is 9.18 Å². The lowest BCUT2D eigenvalue weighted by molar-refractivity contribution is -0.117. The highest BCUT2D eigenvalue weighted by molar-refractivity contribution is 5.91. The Labute approximate surface area is 185 Å². The molecule has 1 N–H and O–H groups in total. The minimum atomic E-state index is -0.266. The molecular weight excluding hydrogens is 387 g/mol. The van der Waals surface area contributed by atoms with Gasteiger partial charge in [0.1, 0.15) is 5.82 Å². The number of rotatable bonds is 5. The second-order valence-electron chi connectivity index (χ2n) is 9.07. The summed E-state index contributed by atoms with van der Waals surface area (Å²) in [5.41, 5.74) is 3.78. The highest BCUT2D eigenvalue weighted by Gasteiger charge is 2.30. The van der Waals surface area contributed by atoms with Crippen LogP contribution in [-0.4, -0.2) is 36.0 Å². The van der Waals surface area contributed by atoms with Crippen molar-refractivity contribution in [2.45, 2.75) is 63.5 Å². The van der Waals surface area contributed by atoms with Crippen molar-refractivity contribution in [2.75, 3.05) is 13.1 Å². The zero-order valence-corrected chi connectivity index (χ0v) is 18.4. The standard InChI is InChI=1S/C27H33FN2O/c1-20-4-2-3-5-26(20)22-16-18-30(19-17-22)25-13-11-24(12-14-25)29-27(31)15-8-21-6-9-23(28)10-7-21/h2-10,15,22,24-25H,11-14,16-19H2,1H3,(H,29,31)/b15-8+. The van der Waals surface area contributed by atoms with Crippen molar-refractivity contribution in [3.05, 3.63) is 77.1 Å². The third-order valence-electron chi connectivity index (χ3n) is 7.01. The van der Waals surface area contributed by atoms with Gasteiger partial charge in [0, 0.05) is 18.2 Å². The fourth-order valence-electron chi connectivity index (χ4n) is 5.20. The van der Waals surface area contributed by atoms with Crippen LogP contribution >= 0.6 is 0 Å². The molecule has 1 amide bonds. The van der Waals surface area contributed by atoms with Crippen LogP contribution < -0.4 is 5.32 Å². The van der Waals surface area contributed by atoms with Gasteiger partial charge in [-0.15, -0.1) is 0 Å². The molecule has 4 rings (SSSR count). The summed E-state index contributed by atoms with van der Waals surface area (Å²) in [5, 5.41) is 3.14. The first-order valence-corrected chi connectivity index (χ1v) is 11.6. The number of likely N-dealkylation sites (tertiary alicyclic amines) is 1. The Morgan fingerprint density at radius 2 is 1.65 bits per heavy atom. The number of halogens is 1. The first kappa shape index (κ1) is 21.8. The Balaban J connectivity index is 1.20. The van der Waals surface area contributed by atoms with Gasteiger partial charge in [-0.25, -0.2) is 4.39 Å². The minimum absolute atomic E-state index is 0.0631. The molecule has 2 fully saturated rings. The topological polar surface area (TPSA) is 32.3 Å². The number of nitrogens with zero attached hydrogens (tertiary/aromatic N) is 1. The van der Waals surface area contributed by atoms with Gasteiger partial charge in [0.2, 0.25) is 5.91 Å². The smallest absolute Gasteiger partial charge is 0.244 e. The quantitative estimate of drug-likeness (QED) is 0.652. The van der Waals surface area contributed by atoms with E-state index >= 15 is 0 Å². The summed E-state index contributed by atoms with van der Waals surface area (Å²) in [4.78, 5) is 14.9. The molecule has 0 aromatic heterocycles. The molecule has 2 aromatic carbocycles. The highest BCUT2D eigenvalue weighted by Crippen LogP contribution is 2.33. The van der Waals surface area contributed by atoms with Crippen molar-refractivity contribution >= 4 is 12.0 Å². The van der Waals surface area contributed by atoms with E-state index in [-0.39, 0.29) is 17.8 Å². The molecule has 31 heavy (non-hydrogen) atoms. The summed E-state index contributed by atoms with van der Waals surface area (Å²) in [6.45, 7) is 4.59. The number of piperidine rings is 1. The number of benzene rings is 2. The molecule has 1 saturated heterocycles. The molecule has 0 atom stereocenters. The molecule has 1 aliphatic carbocycles. The molecule has 164 valence electrons. The fraction of sp³-hybridized carbons (Fsp3) is 0.444. The minimum Gasteiger partial charge on any atom is -0.350 e. The van der Waals surface area contributed by atoms with Crippen molar-refractivity contribution in [1.29, 1.82) is 0 Å². The molecule has 0 unspecified atom stereocenters. The van der Waals surface area contributed by atoms with Crippen LogP contribution in [0.1, 0.15) is 61.1 Å². The number of hydrogen-bond acceptors (Lipinski definition) is 2. The maximum atomic E-state index is 13.0. The summed E-state index contributed by atoms with van der Waals surface area (Å²) >= 11 is 0. The number of nitrogens with one attached hydrogen (secondary N) is 1. The van der Waals surface area contributed by atoms with E-state index in [0.717, 1.165) is 31.2 Å². The van der Waals surface area contributed by atoms with Crippen molar-refractivity contribution in [3.8, 4) is 0 Å². The summed E-state index contributed by atoms with van der Waals surface area (Å²) in [7, 11) is 0. The second kappa shape index (κ2) is 10.2. The van der Waals surface area contributed by atoms with Crippen LogP contribution in [0.2, 0.25) is 0 Å². The lowest BCUT2D eigenvalue weighted by atomic mass is 9.84. The Morgan fingerprint density at radius 1 is 0.968 bits per heavy atom. The van der Waals surface area contributed by atoms with Crippen molar-refractivity contribution in [2.24, 2.45) is 0 Å². The monoisotopic (exact) mass is 420 g/mol. The van der Waals surface area contributed by atoms with Gasteiger partial charge in [0.05, 0.1) is 0 Å². The summed E-state index contributed by atoms with van der Waals surface area (Å²) in [6.07, 6.45) is 10.2. The van der Waals surface area contributed by atoms with Crippen LogP contribution in [0.5, 0.6) is 0 Å². The van der Waals surface area contributed by atoms with E-state index in [2.05, 4.69) is 41.4 Å². The van der Waals surface area contributed by atoms with Gasteiger partial charge in [-0.3, -0.25) is 4.79 Å². The molecule has 1 heterocycles. The van der Waals surface area contributed by atoms with Gasteiger partial charge in [0.25, 0.3) is 0 Å². The average molecular weight is 421 g/mol. The molecule has 2 aromatic rings. The summed E-state index contributed by atoms with van der Waals surface area (Å²) in [6, 6.07) is 15.9. The number of carbonyl (C=O) groups is 1. The molecule has 4 heteroatoms. The number of hydrogen-bond donors (Lipinski definition) is 1. The molecule has 0 spiro atoms. The zero-order valence-electron chi connectivity index (χ0n) is 18.4. The van der Waals surface area contributed by atoms with Gasteiger partial charge in [-0.2, -0.15) is 0 Å². The predicted octanol–water partition coefficient (Wildman–Crippen LogP) is 5.45. The molecule has 2 aliphatic rings. The second-order valence-corrected chi connectivity index (χ2v) is 9.07. The summed E-state index contributed by atoms with van der Waals surface area (Å²) in [5.74, 6) is 0.366. The Hall–Kier alpha value is -2.46. The van der Waals surface area contributed by atoms with Gasteiger partial charge in [-0.1, -0.05) is 36.4 Å². The lowest BCUT2D eigenvalue weighted by Gasteiger charge is -2.41. The van der Waals surface area contributed by atoms with E-state index in [1.165, 1.54) is 49.2 Å². The van der Waals surface area contributed by atoms with Crippen LogP contribution in [0.3, 0.4) is 0 Å². The number of carbonyl (C=O) groups excluding carboxylic acids is 1. The van der Waals surface area contributed by atoms with Crippen LogP contribution in [0, 0.1) is 12.7 Å². The first-order valence-electron chi connectivity index (χ1n) is 11.6. The van der Waals surface area contributed by atoms with E-state index in [0.29, 0.717) is 12.0 Å². The number of amides is 1. The Bertz CT molecular complexity index is 892. The van der Waals surface area contributed by atoms with Gasteiger partial charge >= 0.3 is 0 Å². The average Bonchev–Trinajstić information content (AvgIpc) is 2.80. The molecule has 0 radical (unpaired) electrons. The van der Waals surface area contributed by atoms with Gasteiger partial charge in [-0.05, 0) is 99.4 Å². The number of aryl methyl sites for hydroxylation is 1. The normalized spacial score (nSPS) is 23.2. The first-order chi connectivity index (χ1) is 15.1. The fourth-order valence-corrected chi connectivity index (χ4v) is 5.20. The largest absolute Gasteiger partial charge is 0.350 e. The molecule has 3 nitrogen and oxygen atoms in total. The molecule has 0 bridgehead atoms. The SMILES string of the molecule is Cc1ccccc1C1CCN(C2CCC(NC(=O)/C=C/c3ccc(F)cc3)CC2)CC1. The highest BCUT2D eigenvalue weighted by atomic mass is 19.1. The van der Waals surface area contributed by atoms with E-state index in [1.54, 1.807) is 24.3 Å². The molecular formula is C27H33FN2O. The van der Waals surface area contributed by atoms with Crippen molar-refractivity contribution in [3.63, 3.8) is 0 Å². The summed E-state index contributed by atoms with van der Waals surface area (Å²) < 4.78 is 13.0. The van der Waals surface area contributed by atoms with Crippen molar-refractivity contribution in [1.82, 2.24) is 10.2 Å². The third-order valence-corrected chi connectivity index (χ3v) is 7.01. The molecule has 1 aliphatic heterocycles. The lowest BCUT2D eigenvalue weighted by Crippen LogP contribution is -2.46. The zero-order chi connectivity index (χ0) is 21.6. The predicted molar refractivity (Wildman–Crippen MR) is 124 cm³/mol. The van der Waals surface area contributed by atoms with E-state index in [4.69, 9.17) is 0 Å². The Morgan fingerprint density at radius 3 is 2.32 bits per heavy atom. The van der Waals surface area contributed by atoms with Gasteiger partial charge in [0.15, 0.2) is 0 Å². The molecule has 1 saturated carbocycles. The maximum Gasteiger partial charge on any atom is 0.244 e. The van der Waals surface area contributed by atoms with E-state index < -0.39 is 0 Å². The third kappa shape index (κ3) is 5.82. The van der Waals surface area contributed by atoms with Crippen LogP contribution in [0.15, 0.2) is 54.6 Å². The van der Waals surface area contributed by atoms with Crippen LogP contribution in [-0.2, 0) is 4.79 Å².